The molecule has 3 heteroatoms. The molecule has 2 aromatic carbocycles. The zero-order valence-electron chi connectivity index (χ0n) is 10.7. The van der Waals surface area contributed by atoms with Crippen molar-refractivity contribution in [3.63, 3.8) is 0 Å². The highest BCUT2D eigenvalue weighted by atomic mass is 16.5. The molecule has 0 saturated heterocycles. The molecule has 3 nitrogen and oxygen atoms in total. The minimum absolute atomic E-state index is 0.0962. The lowest BCUT2D eigenvalue weighted by molar-refractivity contribution is 0.148. The van der Waals surface area contributed by atoms with Gasteiger partial charge in [-0.2, -0.15) is 0 Å². The van der Waals surface area contributed by atoms with Crippen molar-refractivity contribution in [2.45, 2.75) is 19.1 Å². The predicted octanol–water partition coefficient (Wildman–Crippen LogP) is 2.53. The molecule has 0 aliphatic carbocycles. The Morgan fingerprint density at radius 1 is 1.16 bits per heavy atom. The van der Waals surface area contributed by atoms with E-state index in [-0.39, 0.29) is 6.10 Å². The molecule has 0 fully saturated rings. The molecule has 0 bridgehead atoms. The van der Waals surface area contributed by atoms with Crippen LogP contribution in [-0.4, -0.2) is 12.7 Å². The van der Waals surface area contributed by atoms with Crippen LogP contribution in [0.2, 0.25) is 0 Å². The van der Waals surface area contributed by atoms with Crippen molar-refractivity contribution >= 4 is 0 Å². The molecule has 0 radical (unpaired) electrons. The second-order valence-electron chi connectivity index (χ2n) is 4.71. The predicted molar refractivity (Wildman–Crippen MR) is 74.4 cm³/mol. The molecule has 3 rings (SSSR count). The number of para-hydroxylation sites is 1. The van der Waals surface area contributed by atoms with Crippen LogP contribution in [0.4, 0.5) is 0 Å². The topological polar surface area (TPSA) is 44.5 Å². The fourth-order valence-corrected chi connectivity index (χ4v) is 2.30. The number of nitrogens with two attached hydrogens (primary N) is 1. The molecule has 2 N–H and O–H groups in total. The first-order valence-electron chi connectivity index (χ1n) is 6.51. The number of hydrogen-bond donors (Lipinski definition) is 1. The van der Waals surface area contributed by atoms with Crippen molar-refractivity contribution in [2.75, 3.05) is 6.61 Å². The molecule has 0 aromatic heterocycles. The van der Waals surface area contributed by atoms with E-state index in [4.69, 9.17) is 15.2 Å². The SMILES string of the molecule is NCc1cccc(OCC2Cc3ccccc3O2)c1. The molecule has 1 unspecified atom stereocenters. The zero-order valence-corrected chi connectivity index (χ0v) is 10.7. The van der Waals surface area contributed by atoms with Gasteiger partial charge in [0, 0.05) is 13.0 Å². The number of ether oxygens (including phenoxy) is 2. The summed E-state index contributed by atoms with van der Waals surface area (Å²) in [6.45, 7) is 1.09. The molecule has 2 aromatic rings. The van der Waals surface area contributed by atoms with Gasteiger partial charge in [-0.25, -0.2) is 0 Å². The van der Waals surface area contributed by atoms with Gasteiger partial charge in [0.1, 0.15) is 24.2 Å². The molecular weight excluding hydrogens is 238 g/mol. The maximum Gasteiger partial charge on any atom is 0.137 e. The van der Waals surface area contributed by atoms with Crippen LogP contribution in [0.3, 0.4) is 0 Å². The highest BCUT2D eigenvalue weighted by Crippen LogP contribution is 2.28. The Balaban J connectivity index is 1.59. The van der Waals surface area contributed by atoms with Crippen LogP contribution in [0.1, 0.15) is 11.1 Å². The lowest BCUT2D eigenvalue weighted by Gasteiger charge is -2.12. The van der Waals surface area contributed by atoms with Gasteiger partial charge < -0.3 is 15.2 Å². The highest BCUT2D eigenvalue weighted by Gasteiger charge is 2.22. The number of hydrogen-bond acceptors (Lipinski definition) is 3. The van der Waals surface area contributed by atoms with Crippen molar-refractivity contribution in [3.8, 4) is 11.5 Å². The second kappa shape index (κ2) is 5.33. The number of rotatable bonds is 4. The summed E-state index contributed by atoms with van der Waals surface area (Å²) in [5.41, 5.74) is 7.95. The first-order chi connectivity index (χ1) is 9.35. The fourth-order valence-electron chi connectivity index (χ4n) is 2.30. The summed E-state index contributed by atoms with van der Waals surface area (Å²) >= 11 is 0. The van der Waals surface area contributed by atoms with E-state index in [9.17, 15) is 0 Å². The van der Waals surface area contributed by atoms with Crippen LogP contribution >= 0.6 is 0 Å². The molecular formula is C16H17NO2. The van der Waals surface area contributed by atoms with Crippen molar-refractivity contribution in [1.82, 2.24) is 0 Å². The first kappa shape index (κ1) is 12.1. The summed E-state index contributed by atoms with van der Waals surface area (Å²) in [6, 6.07) is 16.0. The van der Waals surface area contributed by atoms with E-state index < -0.39 is 0 Å². The minimum Gasteiger partial charge on any atom is -0.490 e. The third-order valence-corrected chi connectivity index (χ3v) is 3.28. The third-order valence-electron chi connectivity index (χ3n) is 3.28. The summed E-state index contributed by atoms with van der Waals surface area (Å²) in [5.74, 6) is 1.83. The van der Waals surface area contributed by atoms with E-state index in [1.807, 2.05) is 42.5 Å². The fraction of sp³-hybridized carbons (Fsp3) is 0.250. The third kappa shape index (κ3) is 2.71. The van der Waals surface area contributed by atoms with E-state index in [2.05, 4.69) is 6.07 Å². The van der Waals surface area contributed by atoms with E-state index in [1.165, 1.54) is 5.56 Å². The van der Waals surface area contributed by atoms with E-state index in [0.717, 1.165) is 23.5 Å². The van der Waals surface area contributed by atoms with Crippen molar-refractivity contribution in [1.29, 1.82) is 0 Å². The van der Waals surface area contributed by atoms with Crippen LogP contribution in [0.15, 0.2) is 48.5 Å². The smallest absolute Gasteiger partial charge is 0.137 e. The normalized spacial score (nSPS) is 16.8. The maximum atomic E-state index is 5.84. The van der Waals surface area contributed by atoms with Gasteiger partial charge in [0.25, 0.3) is 0 Å². The summed E-state index contributed by atoms with van der Waals surface area (Å²) in [6.07, 6.45) is 1.01. The lowest BCUT2D eigenvalue weighted by atomic mass is 10.1. The Hall–Kier alpha value is -2.00. The van der Waals surface area contributed by atoms with E-state index in [0.29, 0.717) is 13.2 Å². The zero-order chi connectivity index (χ0) is 13.1. The summed E-state index contributed by atoms with van der Waals surface area (Å²) < 4.78 is 11.6. The van der Waals surface area contributed by atoms with Gasteiger partial charge in [-0.15, -0.1) is 0 Å². The average Bonchev–Trinajstić information content (AvgIpc) is 2.88. The molecule has 1 aliphatic heterocycles. The molecule has 98 valence electrons. The van der Waals surface area contributed by atoms with Crippen LogP contribution in [-0.2, 0) is 13.0 Å². The maximum absolute atomic E-state index is 5.84. The number of benzene rings is 2. The molecule has 0 saturated carbocycles. The highest BCUT2D eigenvalue weighted by molar-refractivity contribution is 5.37. The second-order valence-corrected chi connectivity index (χ2v) is 4.71. The average molecular weight is 255 g/mol. The van der Waals surface area contributed by atoms with Gasteiger partial charge in [0.05, 0.1) is 0 Å². The Bertz CT molecular complexity index is 543. The Morgan fingerprint density at radius 3 is 2.89 bits per heavy atom. The molecule has 1 atom stereocenters. The van der Waals surface area contributed by atoms with Crippen LogP contribution in [0.5, 0.6) is 11.5 Å². The molecule has 0 amide bonds. The largest absolute Gasteiger partial charge is 0.490 e. The minimum atomic E-state index is 0.0962. The molecule has 19 heavy (non-hydrogen) atoms. The number of fused-ring (bicyclic) bond motifs is 1. The molecule has 1 heterocycles. The Kier molecular flexibility index (Phi) is 3.38. The molecule has 1 aliphatic rings. The van der Waals surface area contributed by atoms with Gasteiger partial charge in [0.2, 0.25) is 0 Å². The van der Waals surface area contributed by atoms with E-state index >= 15 is 0 Å². The van der Waals surface area contributed by atoms with Gasteiger partial charge in [-0.05, 0) is 29.3 Å². The monoisotopic (exact) mass is 255 g/mol. The first-order valence-corrected chi connectivity index (χ1v) is 6.51. The molecule has 0 spiro atoms. The van der Waals surface area contributed by atoms with Crippen LogP contribution in [0.25, 0.3) is 0 Å². The van der Waals surface area contributed by atoms with Crippen LogP contribution in [0, 0.1) is 0 Å². The van der Waals surface area contributed by atoms with Gasteiger partial charge in [-0.1, -0.05) is 30.3 Å². The Labute approximate surface area is 113 Å². The van der Waals surface area contributed by atoms with E-state index in [1.54, 1.807) is 0 Å². The van der Waals surface area contributed by atoms with Crippen molar-refractivity contribution in [2.24, 2.45) is 5.73 Å². The quantitative estimate of drug-likeness (QED) is 0.913. The lowest BCUT2D eigenvalue weighted by Crippen LogP contribution is -2.22. The van der Waals surface area contributed by atoms with Crippen molar-refractivity contribution in [3.05, 3.63) is 59.7 Å². The summed E-state index contributed by atoms with van der Waals surface area (Å²) in [4.78, 5) is 0. The summed E-state index contributed by atoms with van der Waals surface area (Å²) in [5, 5.41) is 0. The van der Waals surface area contributed by atoms with Gasteiger partial charge in [-0.3, -0.25) is 0 Å². The van der Waals surface area contributed by atoms with Crippen LogP contribution < -0.4 is 15.2 Å². The van der Waals surface area contributed by atoms with Gasteiger partial charge in [0.15, 0.2) is 0 Å². The standard InChI is InChI=1S/C16H17NO2/c17-10-12-4-3-6-14(8-12)18-11-15-9-13-5-1-2-7-16(13)19-15/h1-8,15H,9-11,17H2. The summed E-state index contributed by atoms with van der Waals surface area (Å²) in [7, 11) is 0. The van der Waals surface area contributed by atoms with Crippen molar-refractivity contribution < 1.29 is 9.47 Å². The Morgan fingerprint density at radius 2 is 2.05 bits per heavy atom. The van der Waals surface area contributed by atoms with Gasteiger partial charge >= 0.3 is 0 Å².